The van der Waals surface area contributed by atoms with Crippen molar-refractivity contribution in [3.8, 4) is 0 Å². The molecule has 1 aromatic carbocycles. The van der Waals surface area contributed by atoms with E-state index in [1.165, 1.54) is 0 Å². The van der Waals surface area contributed by atoms with Crippen LogP contribution in [0.4, 0.5) is 0 Å². The Labute approximate surface area is 195 Å². The zero-order chi connectivity index (χ0) is 24.5. The molecule has 0 saturated carbocycles. The van der Waals surface area contributed by atoms with Gasteiger partial charge in [-0.3, -0.25) is 19.4 Å². The molecule has 14 heteroatoms. The number of benzene rings is 1. The number of hydrogen-bond acceptors (Lipinski definition) is 10. The first-order valence-corrected chi connectivity index (χ1v) is 11.0. The molecule has 0 bridgehead atoms. The van der Waals surface area contributed by atoms with Gasteiger partial charge in [0.1, 0.15) is 0 Å². The fraction of sp³-hybridized carbons (Fsp3) is 0.600. The van der Waals surface area contributed by atoms with Crippen molar-refractivity contribution < 1.29 is 29.6 Å². The van der Waals surface area contributed by atoms with Crippen molar-refractivity contribution in [3.63, 3.8) is 0 Å². The second-order valence-electron chi connectivity index (χ2n) is 8.53. The Morgan fingerprint density at radius 3 is 1.56 bits per heavy atom. The average molecular weight is 480 g/mol. The predicted octanol–water partition coefficient (Wildman–Crippen LogP) is 0.590. The molecule has 0 aromatic heterocycles. The molecular weight excluding hydrogens is 452 g/mol. The van der Waals surface area contributed by atoms with Gasteiger partial charge in [0.25, 0.3) is 0 Å². The number of nitrogens with one attached hydrogen (secondary N) is 2. The first kappa shape index (κ1) is 25.1. The van der Waals surface area contributed by atoms with Crippen LogP contribution in [0.2, 0.25) is 0 Å². The van der Waals surface area contributed by atoms with Crippen LogP contribution in [0.1, 0.15) is 36.8 Å². The van der Waals surface area contributed by atoms with E-state index in [1.807, 2.05) is 35.2 Å². The van der Waals surface area contributed by atoms with Gasteiger partial charge < -0.3 is 0 Å². The fourth-order valence-electron chi connectivity index (χ4n) is 4.42. The molecule has 2 unspecified atom stereocenters. The van der Waals surface area contributed by atoms with Gasteiger partial charge in [0.2, 0.25) is 11.8 Å². The van der Waals surface area contributed by atoms with Crippen molar-refractivity contribution in [1.82, 2.24) is 20.8 Å². The molecule has 2 fully saturated rings. The van der Waals surface area contributed by atoms with Gasteiger partial charge in [0, 0.05) is 26.2 Å². The van der Waals surface area contributed by atoms with Crippen LogP contribution in [0.25, 0.3) is 0 Å². The molecule has 2 heterocycles. The Bertz CT molecular complexity index is 811. The molecule has 2 atom stereocenters. The highest BCUT2D eigenvalue weighted by molar-refractivity contribution is 5.78. The lowest BCUT2D eigenvalue weighted by molar-refractivity contribution is -0.772. The number of rotatable bonds is 10. The third kappa shape index (κ3) is 7.81. The third-order valence-electron chi connectivity index (χ3n) is 6.03. The van der Waals surface area contributed by atoms with Crippen molar-refractivity contribution >= 4 is 11.8 Å². The molecule has 0 spiro atoms. The number of carbonyl (C=O) groups excluding carboxylic acids is 2. The van der Waals surface area contributed by atoms with E-state index >= 15 is 0 Å². The zero-order valence-electron chi connectivity index (χ0n) is 18.6. The first-order chi connectivity index (χ1) is 16.3. The molecule has 2 amide bonds. The summed E-state index contributed by atoms with van der Waals surface area (Å²) in [6.07, 6.45) is 2.92. The summed E-state index contributed by atoms with van der Waals surface area (Å²) in [6, 6.07) is 8.09. The summed E-state index contributed by atoms with van der Waals surface area (Å²) in [5.41, 5.74) is 5.91. The minimum absolute atomic E-state index is 0.368. The van der Waals surface area contributed by atoms with Crippen molar-refractivity contribution in [2.24, 2.45) is 11.8 Å². The van der Waals surface area contributed by atoms with Gasteiger partial charge in [-0.05, 0) is 49.9 Å². The molecule has 0 radical (unpaired) electrons. The molecule has 3 rings (SSSR count). The number of hydrogen-bond donors (Lipinski definition) is 2. The van der Waals surface area contributed by atoms with E-state index < -0.39 is 22.0 Å². The summed E-state index contributed by atoms with van der Waals surface area (Å²) >= 11 is 0. The number of nitrogens with zero attached hydrogens (tertiary/aromatic N) is 4. The lowest BCUT2D eigenvalue weighted by atomic mass is 9.96. The maximum absolute atomic E-state index is 12.0. The Balaban J connectivity index is 1.46. The monoisotopic (exact) mass is 480 g/mol. The lowest BCUT2D eigenvalue weighted by Crippen LogP contribution is -2.43. The van der Waals surface area contributed by atoms with Gasteiger partial charge in [0.05, 0.1) is 11.8 Å². The number of likely N-dealkylation sites (tertiary alicyclic amines) is 2. The minimum Gasteiger partial charge on any atom is -0.298 e. The number of piperidine rings is 2. The molecular formula is C20H28N6O8. The second-order valence-corrected chi connectivity index (χ2v) is 8.53. The largest absolute Gasteiger partial charge is 0.316 e. The van der Waals surface area contributed by atoms with Crippen LogP contribution in [-0.4, -0.2) is 58.0 Å². The van der Waals surface area contributed by atoms with Crippen molar-refractivity contribution in [1.29, 1.82) is 0 Å². The van der Waals surface area contributed by atoms with Gasteiger partial charge in [-0.15, -0.1) is 20.2 Å². The highest BCUT2D eigenvalue weighted by Gasteiger charge is 2.27. The highest BCUT2D eigenvalue weighted by atomic mass is 17.0. The maximum Gasteiger partial charge on any atom is 0.316 e. The van der Waals surface area contributed by atoms with E-state index in [0.717, 1.165) is 37.1 Å². The van der Waals surface area contributed by atoms with Gasteiger partial charge in [-0.25, -0.2) is 0 Å². The topological polar surface area (TPSA) is 169 Å². The number of hydroxylamine groups is 2. The van der Waals surface area contributed by atoms with Crippen molar-refractivity contribution in [2.75, 3.05) is 26.2 Å². The van der Waals surface area contributed by atoms with Gasteiger partial charge in [0.15, 0.2) is 0 Å². The molecule has 186 valence electrons. The molecule has 2 aliphatic heterocycles. The SMILES string of the molecule is O=C(NO[N+](=O)[O-])C1CCCN(Cc2ccc(CN3CCCC(C(=O)NO[N+](=O)[O-])C3)cc2)C1. The second kappa shape index (κ2) is 12.1. The smallest absolute Gasteiger partial charge is 0.298 e. The summed E-state index contributed by atoms with van der Waals surface area (Å²) in [5, 5.41) is 18.4. The van der Waals surface area contributed by atoms with Gasteiger partial charge in [-0.2, -0.15) is 20.8 Å². The van der Waals surface area contributed by atoms with Crippen LogP contribution in [0.15, 0.2) is 24.3 Å². The highest BCUT2D eigenvalue weighted by Crippen LogP contribution is 2.21. The minimum atomic E-state index is -1.05. The first-order valence-electron chi connectivity index (χ1n) is 11.0. The molecule has 34 heavy (non-hydrogen) atoms. The van der Waals surface area contributed by atoms with Crippen LogP contribution < -0.4 is 11.0 Å². The van der Waals surface area contributed by atoms with Crippen molar-refractivity contribution in [2.45, 2.75) is 38.8 Å². The molecule has 2 N–H and O–H groups in total. The summed E-state index contributed by atoms with van der Waals surface area (Å²) in [6.45, 7) is 3.96. The third-order valence-corrected chi connectivity index (χ3v) is 6.03. The van der Waals surface area contributed by atoms with E-state index in [-0.39, 0.29) is 11.8 Å². The standard InChI is InChI=1S/C20H28N6O8/c27-19(21-33-25(29)30)17-3-1-9-23(13-17)11-15-5-7-16(8-6-15)12-24-10-2-4-18(14-24)20(28)22-34-26(31)32/h5-8,17-18H,1-4,9-14H2,(H,21,27)(H,22,28). The summed E-state index contributed by atoms with van der Waals surface area (Å²) in [5.74, 6) is -1.72. The number of amides is 2. The maximum atomic E-state index is 12.0. The molecule has 14 nitrogen and oxygen atoms in total. The van der Waals surface area contributed by atoms with E-state index in [1.54, 1.807) is 0 Å². The summed E-state index contributed by atoms with van der Waals surface area (Å²) < 4.78 is 0. The Hall–Kier alpha value is -3.52. The Morgan fingerprint density at radius 1 is 0.824 bits per heavy atom. The van der Waals surface area contributed by atoms with Crippen LogP contribution in [0, 0.1) is 32.1 Å². The van der Waals surface area contributed by atoms with E-state index in [4.69, 9.17) is 0 Å². The van der Waals surface area contributed by atoms with Gasteiger partial charge in [-0.1, -0.05) is 24.3 Å². The van der Waals surface area contributed by atoms with E-state index in [9.17, 15) is 29.8 Å². The average Bonchev–Trinajstić information content (AvgIpc) is 2.82. The van der Waals surface area contributed by atoms with E-state index in [2.05, 4.69) is 19.7 Å². The zero-order valence-corrected chi connectivity index (χ0v) is 18.6. The Kier molecular flexibility index (Phi) is 8.93. The Morgan fingerprint density at radius 2 is 1.21 bits per heavy atom. The predicted molar refractivity (Wildman–Crippen MR) is 115 cm³/mol. The van der Waals surface area contributed by atoms with Crippen LogP contribution in [0.5, 0.6) is 0 Å². The quantitative estimate of drug-likeness (QED) is 0.357. The van der Waals surface area contributed by atoms with Crippen LogP contribution >= 0.6 is 0 Å². The van der Waals surface area contributed by atoms with E-state index in [0.29, 0.717) is 39.0 Å². The summed E-state index contributed by atoms with van der Waals surface area (Å²) in [7, 11) is 0. The summed E-state index contributed by atoms with van der Waals surface area (Å²) in [4.78, 5) is 56.8. The fourth-order valence-corrected chi connectivity index (χ4v) is 4.42. The number of carbonyl (C=O) groups is 2. The molecule has 0 aliphatic carbocycles. The molecule has 1 aromatic rings. The lowest BCUT2D eigenvalue weighted by Gasteiger charge is -2.32. The molecule has 2 saturated heterocycles. The molecule has 2 aliphatic rings. The van der Waals surface area contributed by atoms with Gasteiger partial charge >= 0.3 is 10.2 Å². The van der Waals surface area contributed by atoms with Crippen LogP contribution in [0.3, 0.4) is 0 Å². The normalized spacial score (nSPS) is 21.3. The van der Waals surface area contributed by atoms with Crippen LogP contribution in [-0.2, 0) is 32.6 Å². The van der Waals surface area contributed by atoms with Crippen molar-refractivity contribution in [3.05, 3.63) is 55.6 Å².